The Bertz CT molecular complexity index is 565. The molecule has 0 saturated heterocycles. The number of carbonyl (C=O) groups excluding carboxylic acids is 2. The number of anilines is 1. The largest absolute Gasteiger partial charge is 0.486 e. The van der Waals surface area contributed by atoms with Crippen LogP contribution in [0.5, 0.6) is 11.5 Å². The molecule has 0 atom stereocenters. The van der Waals surface area contributed by atoms with Crippen LogP contribution in [0.4, 0.5) is 10.5 Å². The monoisotopic (exact) mass is 325 g/mol. The van der Waals surface area contributed by atoms with Gasteiger partial charge in [-0.1, -0.05) is 0 Å². The second-order valence-electron chi connectivity index (χ2n) is 4.46. The van der Waals surface area contributed by atoms with Crippen LogP contribution in [0, 0.1) is 0 Å². The van der Waals surface area contributed by atoms with Gasteiger partial charge in [-0.3, -0.25) is 10.1 Å². The Balaban J connectivity index is 1.99. The molecule has 0 bridgehead atoms. The predicted molar refractivity (Wildman–Crippen MR) is 84.9 cm³/mol. The van der Waals surface area contributed by atoms with E-state index in [0.29, 0.717) is 31.3 Å². The van der Waals surface area contributed by atoms with E-state index in [9.17, 15) is 9.59 Å². The quantitative estimate of drug-likeness (QED) is 0.710. The summed E-state index contributed by atoms with van der Waals surface area (Å²) in [5.41, 5.74) is 0.766. The summed E-state index contributed by atoms with van der Waals surface area (Å²) in [5, 5.41) is 7.75. The lowest BCUT2D eigenvalue weighted by molar-refractivity contribution is -0.118. The van der Waals surface area contributed by atoms with Crippen molar-refractivity contribution in [2.24, 2.45) is 0 Å². The zero-order chi connectivity index (χ0) is 15.9. The van der Waals surface area contributed by atoms with Crippen LogP contribution in [-0.4, -0.2) is 44.5 Å². The molecule has 0 aliphatic carbocycles. The van der Waals surface area contributed by atoms with Gasteiger partial charge in [0.1, 0.15) is 13.2 Å². The van der Waals surface area contributed by atoms with Crippen molar-refractivity contribution in [3.63, 3.8) is 0 Å². The number of rotatable bonds is 5. The summed E-state index contributed by atoms with van der Waals surface area (Å²) in [7, 11) is 0. The van der Waals surface area contributed by atoms with Crippen LogP contribution >= 0.6 is 11.8 Å². The third-order valence-corrected chi connectivity index (χ3v) is 3.67. The van der Waals surface area contributed by atoms with Crippen molar-refractivity contribution in [2.75, 3.05) is 37.9 Å². The van der Waals surface area contributed by atoms with Crippen LogP contribution in [-0.2, 0) is 4.79 Å². The lowest BCUT2D eigenvalue weighted by Gasteiger charge is -2.21. The molecule has 3 amide bonds. The summed E-state index contributed by atoms with van der Waals surface area (Å²) in [6.45, 7) is 3.27. The molecule has 8 heteroatoms. The molecule has 0 radical (unpaired) electrons. The van der Waals surface area contributed by atoms with Gasteiger partial charge in [0.2, 0.25) is 5.91 Å². The first kappa shape index (κ1) is 16.3. The summed E-state index contributed by atoms with van der Waals surface area (Å²) < 4.78 is 11.1. The fourth-order valence-corrected chi connectivity index (χ4v) is 2.50. The molecule has 22 heavy (non-hydrogen) atoms. The Morgan fingerprint density at radius 3 is 2.55 bits per heavy atom. The van der Waals surface area contributed by atoms with Gasteiger partial charge in [0.15, 0.2) is 11.5 Å². The van der Waals surface area contributed by atoms with E-state index < -0.39 is 11.9 Å². The number of carbonyl (C=O) groups is 2. The van der Waals surface area contributed by atoms with Gasteiger partial charge in [-0.25, -0.2) is 4.79 Å². The van der Waals surface area contributed by atoms with E-state index in [-0.39, 0.29) is 6.54 Å². The molecule has 7 nitrogen and oxygen atoms in total. The van der Waals surface area contributed by atoms with E-state index in [1.54, 1.807) is 13.0 Å². The first-order valence-electron chi connectivity index (χ1n) is 6.93. The van der Waals surface area contributed by atoms with Crippen molar-refractivity contribution in [1.29, 1.82) is 0 Å². The molecular weight excluding hydrogens is 306 g/mol. The standard InChI is InChI=1S/C14H19N3O4S/c1-3-15-14(19)17-13(18)8-16-9-6-10-11(7-12(9)22-2)21-5-4-20-10/h6-7,16H,3-5,8H2,1-2H3,(H2,15,17,18,19). The van der Waals surface area contributed by atoms with Gasteiger partial charge in [0.25, 0.3) is 0 Å². The minimum Gasteiger partial charge on any atom is -0.486 e. The van der Waals surface area contributed by atoms with Crippen LogP contribution in [0.15, 0.2) is 17.0 Å². The number of fused-ring (bicyclic) bond motifs is 1. The lowest BCUT2D eigenvalue weighted by atomic mass is 10.2. The lowest BCUT2D eigenvalue weighted by Crippen LogP contribution is -2.41. The Labute approximate surface area is 133 Å². The molecule has 1 aliphatic heterocycles. The van der Waals surface area contributed by atoms with Gasteiger partial charge in [0.05, 0.1) is 12.2 Å². The molecule has 3 N–H and O–H groups in total. The highest BCUT2D eigenvalue weighted by atomic mass is 32.2. The maximum atomic E-state index is 11.7. The van der Waals surface area contributed by atoms with Gasteiger partial charge in [-0.05, 0) is 19.2 Å². The van der Waals surface area contributed by atoms with Crippen LogP contribution in [0.1, 0.15) is 6.92 Å². The molecule has 1 aromatic rings. The van der Waals surface area contributed by atoms with E-state index in [1.165, 1.54) is 11.8 Å². The maximum absolute atomic E-state index is 11.7. The number of hydrogen-bond donors (Lipinski definition) is 3. The fraction of sp³-hybridized carbons (Fsp3) is 0.429. The van der Waals surface area contributed by atoms with Gasteiger partial charge >= 0.3 is 6.03 Å². The predicted octanol–water partition coefficient (Wildman–Crippen LogP) is 1.44. The highest BCUT2D eigenvalue weighted by Crippen LogP contribution is 2.39. The Kier molecular flexibility index (Phi) is 5.76. The normalized spacial score (nSPS) is 12.5. The number of nitrogens with one attached hydrogen (secondary N) is 3. The Morgan fingerprint density at radius 1 is 1.23 bits per heavy atom. The zero-order valence-corrected chi connectivity index (χ0v) is 13.3. The molecule has 120 valence electrons. The minimum absolute atomic E-state index is 0.00959. The first-order chi connectivity index (χ1) is 10.6. The fourth-order valence-electron chi connectivity index (χ4n) is 1.93. The van der Waals surface area contributed by atoms with Gasteiger partial charge < -0.3 is 20.1 Å². The smallest absolute Gasteiger partial charge is 0.321 e. The van der Waals surface area contributed by atoms with E-state index in [0.717, 1.165) is 10.6 Å². The molecule has 0 saturated carbocycles. The zero-order valence-electron chi connectivity index (χ0n) is 12.5. The van der Waals surface area contributed by atoms with E-state index in [4.69, 9.17) is 9.47 Å². The summed E-state index contributed by atoms with van der Waals surface area (Å²) in [4.78, 5) is 23.9. The summed E-state index contributed by atoms with van der Waals surface area (Å²) in [6, 6.07) is 3.18. The van der Waals surface area contributed by atoms with E-state index in [1.807, 2.05) is 12.3 Å². The number of urea groups is 1. The highest BCUT2D eigenvalue weighted by molar-refractivity contribution is 7.98. The molecule has 1 aromatic carbocycles. The topological polar surface area (TPSA) is 88.7 Å². The van der Waals surface area contributed by atoms with Gasteiger partial charge in [-0.2, -0.15) is 0 Å². The maximum Gasteiger partial charge on any atom is 0.321 e. The number of thioether (sulfide) groups is 1. The van der Waals surface area contributed by atoms with Crippen LogP contribution in [0.2, 0.25) is 0 Å². The first-order valence-corrected chi connectivity index (χ1v) is 8.15. The second kappa shape index (κ2) is 7.79. The molecule has 2 rings (SSSR count). The average Bonchev–Trinajstić information content (AvgIpc) is 2.52. The minimum atomic E-state index is -0.499. The number of benzene rings is 1. The highest BCUT2D eigenvalue weighted by Gasteiger charge is 2.16. The summed E-state index contributed by atoms with van der Waals surface area (Å²) >= 11 is 1.53. The van der Waals surface area contributed by atoms with Crippen LogP contribution in [0.25, 0.3) is 0 Å². The Morgan fingerprint density at radius 2 is 1.91 bits per heavy atom. The van der Waals surface area contributed by atoms with Gasteiger partial charge in [-0.15, -0.1) is 11.8 Å². The summed E-state index contributed by atoms with van der Waals surface area (Å²) in [5.74, 6) is 0.941. The third kappa shape index (κ3) is 4.20. The molecule has 1 aliphatic rings. The molecule has 0 spiro atoms. The van der Waals surface area contributed by atoms with Crippen LogP contribution < -0.4 is 25.4 Å². The van der Waals surface area contributed by atoms with Gasteiger partial charge in [0, 0.05) is 17.5 Å². The van der Waals surface area contributed by atoms with Crippen molar-refractivity contribution >= 4 is 29.4 Å². The van der Waals surface area contributed by atoms with E-state index >= 15 is 0 Å². The average molecular weight is 325 g/mol. The van der Waals surface area contributed by atoms with Crippen LogP contribution in [0.3, 0.4) is 0 Å². The Hall–Kier alpha value is -2.09. The SMILES string of the molecule is CCNC(=O)NC(=O)CNc1cc2c(cc1SC)OCCO2. The summed E-state index contributed by atoms with van der Waals surface area (Å²) in [6.07, 6.45) is 1.94. The number of imide groups is 1. The molecule has 0 unspecified atom stereocenters. The van der Waals surface area contributed by atoms with Crippen molar-refractivity contribution in [2.45, 2.75) is 11.8 Å². The molecular formula is C14H19N3O4S. The van der Waals surface area contributed by atoms with Crippen molar-refractivity contribution in [1.82, 2.24) is 10.6 Å². The number of ether oxygens (including phenoxy) is 2. The second-order valence-corrected chi connectivity index (χ2v) is 5.31. The van der Waals surface area contributed by atoms with Crippen molar-refractivity contribution in [3.8, 4) is 11.5 Å². The molecule has 0 aromatic heterocycles. The third-order valence-electron chi connectivity index (χ3n) is 2.89. The van der Waals surface area contributed by atoms with E-state index in [2.05, 4.69) is 16.0 Å². The molecule has 1 heterocycles. The van der Waals surface area contributed by atoms with Crippen molar-refractivity contribution in [3.05, 3.63) is 12.1 Å². The number of amides is 3. The van der Waals surface area contributed by atoms with Crippen molar-refractivity contribution < 1.29 is 19.1 Å². The number of hydrogen-bond acceptors (Lipinski definition) is 6. The molecule has 0 fully saturated rings.